The molecule has 14 heavy (non-hydrogen) atoms. The Kier molecular flexibility index (Phi) is 5.87. The molecule has 82 valence electrons. The highest BCUT2D eigenvalue weighted by atomic mass is 16.7. The van der Waals surface area contributed by atoms with Gasteiger partial charge in [0.15, 0.2) is 5.92 Å². The summed E-state index contributed by atoms with van der Waals surface area (Å²) >= 11 is 0. The van der Waals surface area contributed by atoms with Gasteiger partial charge < -0.3 is 9.57 Å². The minimum absolute atomic E-state index is 0.268. The van der Waals surface area contributed by atoms with Gasteiger partial charge in [-0.3, -0.25) is 4.79 Å². The molecule has 0 rings (SSSR count). The van der Waals surface area contributed by atoms with Crippen molar-refractivity contribution in [2.45, 2.75) is 20.3 Å². The van der Waals surface area contributed by atoms with Gasteiger partial charge in [0.05, 0.1) is 6.61 Å². The molecular weight excluding hydrogens is 186 g/mol. The number of ether oxygens (including phenoxy) is 1. The summed E-state index contributed by atoms with van der Waals surface area (Å²) in [5.41, 5.74) is 0. The van der Waals surface area contributed by atoms with Crippen LogP contribution in [0, 0.1) is 5.92 Å². The zero-order valence-electron chi connectivity index (χ0n) is 9.07. The Morgan fingerprint density at radius 3 is 2.14 bits per heavy atom. The van der Waals surface area contributed by atoms with Crippen LogP contribution < -0.4 is 0 Å². The number of hydrogen-bond donors (Lipinski definition) is 0. The van der Waals surface area contributed by atoms with Crippen LogP contribution in [0.25, 0.3) is 0 Å². The number of nitrogens with zero attached hydrogens (tertiary/aromatic N) is 1. The first-order valence-electron chi connectivity index (χ1n) is 4.58. The lowest BCUT2D eigenvalue weighted by Crippen LogP contribution is -2.31. The van der Waals surface area contributed by atoms with E-state index in [0.717, 1.165) is 0 Å². The molecular formula is C9H17NO4. The summed E-state index contributed by atoms with van der Waals surface area (Å²) in [5, 5.41) is 1.25. The molecule has 0 spiro atoms. The molecule has 1 atom stereocenters. The Labute approximate surface area is 83.9 Å². The Morgan fingerprint density at radius 1 is 1.21 bits per heavy atom. The summed E-state index contributed by atoms with van der Waals surface area (Å²) in [6.45, 7) is 3.70. The molecule has 0 N–H and O–H groups in total. The van der Waals surface area contributed by atoms with Crippen molar-refractivity contribution in [2.24, 2.45) is 5.92 Å². The lowest BCUT2D eigenvalue weighted by Gasteiger charge is -2.15. The molecule has 0 aliphatic carbocycles. The van der Waals surface area contributed by atoms with E-state index in [1.54, 1.807) is 27.9 Å². The monoisotopic (exact) mass is 203 g/mol. The standard InChI is InChI=1S/C9H17NO4/c1-5-7(8(11)13-6-2)9(12)14-10(3)4/h7H,5-6H2,1-4H3. The second kappa shape index (κ2) is 6.37. The fraction of sp³-hybridized carbons (Fsp3) is 0.778. The van der Waals surface area contributed by atoms with Crippen molar-refractivity contribution in [2.75, 3.05) is 20.7 Å². The van der Waals surface area contributed by atoms with Crippen molar-refractivity contribution >= 4 is 11.9 Å². The first kappa shape index (κ1) is 12.9. The van der Waals surface area contributed by atoms with Gasteiger partial charge in [-0.15, -0.1) is 5.06 Å². The molecule has 0 aromatic carbocycles. The third-order valence-electron chi connectivity index (χ3n) is 1.54. The zero-order valence-corrected chi connectivity index (χ0v) is 9.07. The van der Waals surface area contributed by atoms with E-state index in [2.05, 4.69) is 0 Å². The minimum Gasteiger partial charge on any atom is -0.465 e. The number of hydroxylamine groups is 2. The maximum atomic E-state index is 11.3. The highest BCUT2D eigenvalue weighted by Crippen LogP contribution is 2.08. The predicted molar refractivity (Wildman–Crippen MR) is 50.2 cm³/mol. The highest BCUT2D eigenvalue weighted by molar-refractivity contribution is 5.94. The van der Waals surface area contributed by atoms with Gasteiger partial charge in [0.1, 0.15) is 0 Å². The first-order valence-corrected chi connectivity index (χ1v) is 4.58. The van der Waals surface area contributed by atoms with Gasteiger partial charge in [-0.25, -0.2) is 4.79 Å². The summed E-state index contributed by atoms with van der Waals surface area (Å²) in [6.07, 6.45) is 0.380. The number of carbonyl (C=O) groups is 2. The van der Waals surface area contributed by atoms with E-state index in [4.69, 9.17) is 9.57 Å². The van der Waals surface area contributed by atoms with Gasteiger partial charge >= 0.3 is 11.9 Å². The summed E-state index contributed by atoms with van der Waals surface area (Å²) in [4.78, 5) is 27.4. The fourth-order valence-electron chi connectivity index (χ4n) is 0.916. The van der Waals surface area contributed by atoms with E-state index in [9.17, 15) is 9.59 Å². The van der Waals surface area contributed by atoms with E-state index in [0.29, 0.717) is 6.42 Å². The Hall–Kier alpha value is -1.10. The number of esters is 1. The van der Waals surface area contributed by atoms with Crippen LogP contribution in [-0.2, 0) is 19.2 Å². The van der Waals surface area contributed by atoms with Gasteiger partial charge in [-0.1, -0.05) is 6.92 Å². The van der Waals surface area contributed by atoms with Crippen LogP contribution in [-0.4, -0.2) is 37.7 Å². The highest BCUT2D eigenvalue weighted by Gasteiger charge is 2.28. The lowest BCUT2D eigenvalue weighted by molar-refractivity contribution is -0.187. The molecule has 5 nitrogen and oxygen atoms in total. The second-order valence-electron chi connectivity index (χ2n) is 2.94. The quantitative estimate of drug-likeness (QED) is 0.372. The molecule has 5 heteroatoms. The molecule has 1 unspecified atom stereocenters. The van der Waals surface area contributed by atoms with Crippen molar-refractivity contribution in [3.63, 3.8) is 0 Å². The molecule has 0 aromatic rings. The van der Waals surface area contributed by atoms with Crippen molar-refractivity contribution in [3.8, 4) is 0 Å². The summed E-state index contributed by atoms with van der Waals surface area (Å²) in [7, 11) is 3.16. The maximum absolute atomic E-state index is 11.3. The average Bonchev–Trinajstić information content (AvgIpc) is 2.04. The predicted octanol–water partition coefficient (Wildman–Crippen LogP) is 0.595. The molecule has 0 aromatic heterocycles. The first-order chi connectivity index (χ1) is 6.52. The van der Waals surface area contributed by atoms with E-state index in [-0.39, 0.29) is 6.61 Å². The average molecular weight is 203 g/mol. The topological polar surface area (TPSA) is 55.8 Å². The molecule has 0 heterocycles. The van der Waals surface area contributed by atoms with Crippen molar-refractivity contribution in [1.29, 1.82) is 0 Å². The maximum Gasteiger partial charge on any atom is 0.339 e. The molecule has 0 radical (unpaired) electrons. The van der Waals surface area contributed by atoms with Crippen LogP contribution in [0.2, 0.25) is 0 Å². The molecule has 0 aliphatic heterocycles. The summed E-state index contributed by atoms with van der Waals surface area (Å²) < 4.78 is 4.74. The van der Waals surface area contributed by atoms with E-state index < -0.39 is 17.9 Å². The van der Waals surface area contributed by atoms with Gasteiger partial charge in [0.2, 0.25) is 0 Å². The zero-order chi connectivity index (χ0) is 11.1. The van der Waals surface area contributed by atoms with Crippen LogP contribution in [0.3, 0.4) is 0 Å². The van der Waals surface area contributed by atoms with Crippen molar-refractivity contribution < 1.29 is 19.2 Å². The van der Waals surface area contributed by atoms with Gasteiger partial charge in [0.25, 0.3) is 0 Å². The molecule has 0 bridgehead atoms. The SMILES string of the molecule is CCOC(=O)C(CC)C(=O)ON(C)C. The van der Waals surface area contributed by atoms with Crippen LogP contribution in [0.1, 0.15) is 20.3 Å². The largest absolute Gasteiger partial charge is 0.465 e. The Morgan fingerprint density at radius 2 is 1.79 bits per heavy atom. The smallest absolute Gasteiger partial charge is 0.339 e. The summed E-state index contributed by atoms with van der Waals surface area (Å²) in [6, 6.07) is 0. The van der Waals surface area contributed by atoms with E-state index >= 15 is 0 Å². The van der Waals surface area contributed by atoms with Gasteiger partial charge in [0, 0.05) is 14.1 Å². The molecule has 0 aliphatic rings. The lowest BCUT2D eigenvalue weighted by atomic mass is 10.1. The Balaban J connectivity index is 4.25. The van der Waals surface area contributed by atoms with E-state index in [1.807, 2.05) is 0 Å². The van der Waals surface area contributed by atoms with Crippen LogP contribution in [0.5, 0.6) is 0 Å². The summed E-state index contributed by atoms with van der Waals surface area (Å²) in [5.74, 6) is -1.92. The molecule has 0 fully saturated rings. The fourth-order valence-corrected chi connectivity index (χ4v) is 0.916. The minimum atomic E-state index is -0.822. The molecule has 0 saturated heterocycles. The number of hydrogen-bond acceptors (Lipinski definition) is 5. The van der Waals surface area contributed by atoms with Crippen LogP contribution in [0.4, 0.5) is 0 Å². The normalized spacial score (nSPS) is 12.4. The number of rotatable bonds is 5. The third-order valence-corrected chi connectivity index (χ3v) is 1.54. The van der Waals surface area contributed by atoms with Gasteiger partial charge in [-0.05, 0) is 13.3 Å². The number of carbonyl (C=O) groups excluding carboxylic acids is 2. The molecule has 0 saturated carbocycles. The van der Waals surface area contributed by atoms with Crippen LogP contribution in [0.15, 0.2) is 0 Å². The van der Waals surface area contributed by atoms with Gasteiger partial charge in [-0.2, -0.15) is 0 Å². The third kappa shape index (κ3) is 4.23. The van der Waals surface area contributed by atoms with Crippen molar-refractivity contribution in [3.05, 3.63) is 0 Å². The second-order valence-corrected chi connectivity index (χ2v) is 2.94. The van der Waals surface area contributed by atoms with E-state index in [1.165, 1.54) is 5.06 Å². The van der Waals surface area contributed by atoms with Crippen LogP contribution >= 0.6 is 0 Å². The molecule has 0 amide bonds. The van der Waals surface area contributed by atoms with Crippen molar-refractivity contribution in [1.82, 2.24) is 5.06 Å². The Bertz CT molecular complexity index is 203.